The van der Waals surface area contributed by atoms with Gasteiger partial charge >= 0.3 is 0 Å². The smallest absolute Gasteiger partial charge is 0.269 e. The van der Waals surface area contributed by atoms with Crippen LogP contribution in [0.5, 0.6) is 0 Å². The van der Waals surface area contributed by atoms with Crippen LogP contribution in [-0.2, 0) is 10.5 Å². The van der Waals surface area contributed by atoms with Crippen molar-refractivity contribution in [2.45, 2.75) is 24.3 Å². The van der Waals surface area contributed by atoms with Crippen molar-refractivity contribution < 1.29 is 9.59 Å². The Hall–Kier alpha value is -2.80. The van der Waals surface area contributed by atoms with Gasteiger partial charge in [-0.15, -0.1) is 0 Å². The average Bonchev–Trinajstić information content (AvgIpc) is 3.27. The summed E-state index contributed by atoms with van der Waals surface area (Å²) in [5.41, 5.74) is 8.54. The molecule has 0 saturated heterocycles. The third-order valence-corrected chi connectivity index (χ3v) is 5.65. The lowest BCUT2D eigenvalue weighted by Gasteiger charge is -2.07. The fraction of sp³-hybridized carbons (Fsp3) is 0.250. The Bertz CT molecular complexity index is 950. The van der Waals surface area contributed by atoms with E-state index < -0.39 is 0 Å². The Labute approximate surface area is 161 Å². The Balaban J connectivity index is 1.30. The number of hydrogen-bond acceptors (Lipinski definition) is 4. The van der Waals surface area contributed by atoms with Crippen LogP contribution in [0.2, 0.25) is 0 Å². The van der Waals surface area contributed by atoms with Gasteiger partial charge in [0.25, 0.3) is 5.91 Å². The van der Waals surface area contributed by atoms with Gasteiger partial charge in [0.1, 0.15) is 0 Å². The van der Waals surface area contributed by atoms with Crippen molar-refractivity contribution in [3.8, 4) is 0 Å². The van der Waals surface area contributed by atoms with E-state index >= 15 is 0 Å². The third kappa shape index (κ3) is 4.14. The number of hydrazine groups is 1. The molecule has 1 fully saturated rings. The number of rotatable bonds is 5. The lowest BCUT2D eigenvalue weighted by Crippen LogP contribution is -2.42. The topological polar surface area (TPSA) is 86.9 Å². The summed E-state index contributed by atoms with van der Waals surface area (Å²) in [5, 5.41) is 0.870. The first-order valence-corrected chi connectivity index (χ1v) is 9.85. The van der Waals surface area contributed by atoms with Crippen molar-refractivity contribution in [3.63, 3.8) is 0 Å². The van der Waals surface area contributed by atoms with Gasteiger partial charge in [-0.2, -0.15) is 0 Å². The van der Waals surface area contributed by atoms with E-state index in [2.05, 4.69) is 20.8 Å². The normalized spacial score (nSPS) is 18.3. The molecular formula is C20H20N4O2S. The molecule has 0 radical (unpaired) electrons. The second kappa shape index (κ2) is 7.44. The van der Waals surface area contributed by atoms with Crippen molar-refractivity contribution in [1.29, 1.82) is 0 Å². The Morgan fingerprint density at radius 3 is 2.59 bits per heavy atom. The number of aromatic nitrogens is 2. The zero-order valence-corrected chi connectivity index (χ0v) is 15.7. The predicted octanol–water partition coefficient (Wildman–Crippen LogP) is 3.27. The molecule has 0 unspecified atom stereocenters. The lowest BCUT2D eigenvalue weighted by atomic mass is 10.1. The van der Waals surface area contributed by atoms with Crippen LogP contribution in [0.3, 0.4) is 0 Å². The number of fused-ring (bicyclic) bond motifs is 1. The van der Waals surface area contributed by atoms with Crippen molar-refractivity contribution in [1.82, 2.24) is 20.8 Å². The van der Waals surface area contributed by atoms with Crippen LogP contribution in [0.25, 0.3) is 11.0 Å². The molecule has 0 spiro atoms. The molecule has 0 bridgehead atoms. The first kappa shape index (κ1) is 17.6. The summed E-state index contributed by atoms with van der Waals surface area (Å²) >= 11 is 1.61. The summed E-state index contributed by atoms with van der Waals surface area (Å²) in [5.74, 6) is 0.758. The standard InChI is InChI=1S/C20H20N4O2S/c1-12-10-15(12)19(26)24-23-18(25)14-8-6-13(7-9-14)11-27-20-21-16-4-2-3-5-17(16)22-20/h2-9,12,15H,10-11H2,1H3,(H,21,22)(H,23,25)(H,24,26)/t12-,15+/m1/s1. The van der Waals surface area contributed by atoms with Gasteiger partial charge in [0.15, 0.2) is 5.16 Å². The number of hydrogen-bond donors (Lipinski definition) is 3. The summed E-state index contributed by atoms with van der Waals surface area (Å²) in [7, 11) is 0. The number of nitrogens with zero attached hydrogens (tertiary/aromatic N) is 1. The van der Waals surface area contributed by atoms with Gasteiger partial charge in [-0.25, -0.2) is 4.98 Å². The molecule has 27 heavy (non-hydrogen) atoms. The monoisotopic (exact) mass is 380 g/mol. The summed E-state index contributed by atoms with van der Waals surface area (Å²) < 4.78 is 0. The molecule has 2 amide bonds. The van der Waals surface area contributed by atoms with Crippen LogP contribution in [0, 0.1) is 11.8 Å². The molecule has 3 aromatic rings. The van der Waals surface area contributed by atoms with Gasteiger partial charge in [-0.3, -0.25) is 20.4 Å². The van der Waals surface area contributed by atoms with Gasteiger partial charge in [0, 0.05) is 17.2 Å². The van der Waals surface area contributed by atoms with E-state index in [1.807, 2.05) is 43.3 Å². The van der Waals surface area contributed by atoms with E-state index in [9.17, 15) is 9.59 Å². The lowest BCUT2D eigenvalue weighted by molar-refractivity contribution is -0.123. The van der Waals surface area contributed by atoms with Crippen LogP contribution in [0.15, 0.2) is 53.7 Å². The summed E-state index contributed by atoms with van der Waals surface area (Å²) in [4.78, 5) is 31.7. The molecule has 0 aliphatic heterocycles. The molecule has 6 nitrogen and oxygen atoms in total. The van der Waals surface area contributed by atoms with Crippen LogP contribution in [0.1, 0.15) is 29.3 Å². The van der Waals surface area contributed by atoms with Crippen LogP contribution >= 0.6 is 11.8 Å². The number of H-pyrrole nitrogens is 1. The van der Waals surface area contributed by atoms with E-state index in [1.165, 1.54) is 0 Å². The highest BCUT2D eigenvalue weighted by molar-refractivity contribution is 7.98. The number of imidazole rings is 1. The van der Waals surface area contributed by atoms with Crippen molar-refractivity contribution in [2.24, 2.45) is 11.8 Å². The zero-order valence-electron chi connectivity index (χ0n) is 14.9. The van der Waals surface area contributed by atoms with Crippen LogP contribution in [-0.4, -0.2) is 21.8 Å². The number of para-hydroxylation sites is 2. The minimum absolute atomic E-state index is 0.0305. The number of nitrogens with one attached hydrogen (secondary N) is 3. The largest absolute Gasteiger partial charge is 0.333 e. The number of benzene rings is 2. The summed E-state index contributed by atoms with van der Waals surface area (Å²) in [6.07, 6.45) is 0.888. The molecule has 2 atom stereocenters. The highest BCUT2D eigenvalue weighted by Crippen LogP contribution is 2.37. The van der Waals surface area contributed by atoms with Crippen molar-refractivity contribution in [2.75, 3.05) is 0 Å². The summed E-state index contributed by atoms with van der Waals surface area (Å²) in [6.45, 7) is 2.02. The van der Waals surface area contributed by atoms with E-state index in [1.54, 1.807) is 23.9 Å². The minimum Gasteiger partial charge on any atom is -0.333 e. The second-order valence-corrected chi connectivity index (χ2v) is 7.77. The fourth-order valence-corrected chi connectivity index (χ4v) is 3.71. The van der Waals surface area contributed by atoms with Crippen LogP contribution in [0.4, 0.5) is 0 Å². The Morgan fingerprint density at radius 2 is 1.89 bits per heavy atom. The van der Waals surface area contributed by atoms with Gasteiger partial charge < -0.3 is 4.98 Å². The predicted molar refractivity (Wildman–Crippen MR) is 105 cm³/mol. The average molecular weight is 380 g/mol. The molecular weight excluding hydrogens is 360 g/mol. The zero-order chi connectivity index (χ0) is 18.8. The maximum atomic E-state index is 12.1. The molecule has 3 N–H and O–H groups in total. The number of aromatic amines is 1. The molecule has 4 rings (SSSR count). The number of carbonyl (C=O) groups excluding carboxylic acids is 2. The van der Waals surface area contributed by atoms with Gasteiger partial charge in [-0.05, 0) is 42.2 Å². The first-order valence-electron chi connectivity index (χ1n) is 8.87. The fourth-order valence-electron chi connectivity index (χ4n) is 2.87. The van der Waals surface area contributed by atoms with Crippen molar-refractivity contribution in [3.05, 3.63) is 59.7 Å². The number of carbonyl (C=O) groups is 2. The van der Waals surface area contributed by atoms with E-state index in [-0.39, 0.29) is 17.7 Å². The molecule has 1 aliphatic rings. The van der Waals surface area contributed by atoms with Crippen molar-refractivity contribution >= 4 is 34.6 Å². The molecule has 1 aliphatic carbocycles. The molecule has 2 aromatic carbocycles. The highest BCUT2D eigenvalue weighted by Gasteiger charge is 2.39. The molecule has 1 saturated carbocycles. The molecule has 1 aromatic heterocycles. The SMILES string of the molecule is C[C@@H]1C[C@@H]1C(=O)NNC(=O)c1ccc(CSc2nc3ccccc3[nH]2)cc1. The maximum Gasteiger partial charge on any atom is 0.269 e. The van der Waals surface area contributed by atoms with E-state index in [4.69, 9.17) is 0 Å². The Kier molecular flexibility index (Phi) is 4.85. The molecule has 138 valence electrons. The van der Waals surface area contributed by atoms with Crippen LogP contribution < -0.4 is 10.9 Å². The van der Waals surface area contributed by atoms with E-state index in [0.29, 0.717) is 11.5 Å². The van der Waals surface area contributed by atoms with Gasteiger partial charge in [0.05, 0.1) is 11.0 Å². The highest BCUT2D eigenvalue weighted by atomic mass is 32.2. The van der Waals surface area contributed by atoms with E-state index in [0.717, 1.165) is 33.9 Å². The Morgan fingerprint density at radius 1 is 1.15 bits per heavy atom. The maximum absolute atomic E-state index is 12.1. The van der Waals surface area contributed by atoms with Gasteiger partial charge in [0.2, 0.25) is 5.91 Å². The minimum atomic E-state index is -0.312. The molecule has 1 heterocycles. The van der Waals surface area contributed by atoms with Gasteiger partial charge in [-0.1, -0.05) is 43.0 Å². The number of thioether (sulfide) groups is 1. The summed E-state index contributed by atoms with van der Waals surface area (Å²) in [6, 6.07) is 15.3. The number of amides is 2. The quantitative estimate of drug-likeness (QED) is 0.468. The second-order valence-electron chi connectivity index (χ2n) is 6.81. The first-order chi connectivity index (χ1) is 13.1. The molecule has 7 heteroatoms. The third-order valence-electron chi connectivity index (χ3n) is 4.70.